The zero-order valence-electron chi connectivity index (χ0n) is 39.9. The predicted octanol–water partition coefficient (Wildman–Crippen LogP) is 15.7. The number of rotatable bonds is 26. The van der Waals surface area contributed by atoms with Crippen LogP contribution < -0.4 is 0 Å². The largest absolute Gasteiger partial charge is 0.508 e. The average molecular weight is 893 g/mol. The van der Waals surface area contributed by atoms with Crippen molar-refractivity contribution in [1.82, 2.24) is 19.9 Å². The number of aliphatic hydroxyl groups is 2. The molecule has 66 heavy (non-hydrogen) atoms. The summed E-state index contributed by atoms with van der Waals surface area (Å²) in [4.78, 5) is 18.0. The van der Waals surface area contributed by atoms with Gasteiger partial charge in [0.25, 0.3) is 0 Å². The molecule has 5 heterocycles. The summed E-state index contributed by atoms with van der Waals surface area (Å²) in [5, 5.41) is 45.6. The molecular weight excluding hydrogens is 817 g/mol. The Labute approximate surface area is 393 Å². The molecule has 0 saturated carbocycles. The molecule has 2 atom stereocenters. The number of hydrogen-bond donors (Lipinski definition) is 6. The van der Waals surface area contributed by atoms with Gasteiger partial charge in [-0.1, -0.05) is 167 Å². The SMILES string of the molecule is CCCCCCCCCCCCCc1c2nc(c(-c3cccc(O)c3)c3ccc([nH]3)c(CCCCCCCCCCCCC)c3nc(c(-c4cccc(O)c4)c4ccc1[nH]4)C(O)C3O)C=C2. The van der Waals surface area contributed by atoms with Crippen molar-refractivity contribution in [3.8, 4) is 33.8 Å². The second kappa shape index (κ2) is 25.1. The molecule has 0 radical (unpaired) electrons. The Balaban J connectivity index is 1.31. The van der Waals surface area contributed by atoms with Gasteiger partial charge in [0.1, 0.15) is 23.7 Å². The van der Waals surface area contributed by atoms with Crippen LogP contribution in [-0.2, 0) is 12.8 Å². The number of H-pyrrole nitrogens is 2. The Hall–Kier alpha value is -5.18. The van der Waals surface area contributed by atoms with E-state index >= 15 is 0 Å². The molecule has 0 aliphatic carbocycles. The first-order valence-electron chi connectivity index (χ1n) is 25.8. The molecule has 6 N–H and O–H groups in total. The van der Waals surface area contributed by atoms with Gasteiger partial charge in [-0.3, -0.25) is 4.98 Å². The van der Waals surface area contributed by atoms with Crippen molar-refractivity contribution in [3.63, 3.8) is 0 Å². The fourth-order valence-electron chi connectivity index (χ4n) is 10.1. The molecule has 0 amide bonds. The van der Waals surface area contributed by atoms with E-state index in [1.165, 1.54) is 109 Å². The van der Waals surface area contributed by atoms with E-state index in [9.17, 15) is 20.4 Å². The number of nitrogens with one attached hydrogen (secondary N) is 2. The third-order valence-electron chi connectivity index (χ3n) is 13.8. The number of nitrogens with zero attached hydrogens (tertiary/aromatic N) is 2. The van der Waals surface area contributed by atoms with Crippen LogP contribution in [0.1, 0.15) is 201 Å². The molecule has 2 aliphatic rings. The Morgan fingerprint density at radius 2 is 0.833 bits per heavy atom. The van der Waals surface area contributed by atoms with Gasteiger partial charge in [-0.2, -0.15) is 0 Å². The first kappa shape index (κ1) is 48.7. The maximum atomic E-state index is 12.1. The lowest BCUT2D eigenvalue weighted by atomic mass is 9.97. The standard InChI is InChI=1S/C58H76N4O4/c1-3-5-7-9-11-13-15-17-19-21-23-31-45-47-33-36-50(59-47)53(41-27-25-29-43(63)39-41)51-37-35-49(61-51)46(32-24-22-20-18-16-14-12-10-8-6-4-2)55-57(65)58(66)56(62-55)54(52-38-34-48(45)60-52)42-28-26-30-44(64)40-42/h25-30,33-40,57-58,60-61,63-66H,3-24,31-32H2,1-2H3. The number of aromatic hydroxyl groups is 2. The van der Waals surface area contributed by atoms with E-state index in [0.29, 0.717) is 28.9 Å². The van der Waals surface area contributed by atoms with Crippen LogP contribution in [0.2, 0.25) is 0 Å². The molecule has 0 spiro atoms. The van der Waals surface area contributed by atoms with Gasteiger partial charge in [0, 0.05) is 38.8 Å². The van der Waals surface area contributed by atoms with E-state index in [2.05, 4.69) is 48.1 Å². The van der Waals surface area contributed by atoms with E-state index in [1.54, 1.807) is 30.3 Å². The first-order valence-corrected chi connectivity index (χ1v) is 25.8. The van der Waals surface area contributed by atoms with Gasteiger partial charge in [-0.25, -0.2) is 4.98 Å². The highest BCUT2D eigenvalue weighted by Crippen LogP contribution is 2.42. The zero-order valence-corrected chi connectivity index (χ0v) is 39.9. The van der Waals surface area contributed by atoms with Crippen molar-refractivity contribution >= 4 is 34.2 Å². The van der Waals surface area contributed by atoms with E-state index in [-0.39, 0.29) is 11.5 Å². The van der Waals surface area contributed by atoms with Crippen LogP contribution in [0.5, 0.6) is 11.5 Å². The maximum absolute atomic E-state index is 12.1. The van der Waals surface area contributed by atoms with E-state index < -0.39 is 12.2 Å². The molecule has 0 saturated heterocycles. The fraction of sp³-hybridized carbons (Fsp3) is 0.483. The summed E-state index contributed by atoms with van der Waals surface area (Å²) in [6.45, 7) is 4.53. The number of hydrogen-bond acceptors (Lipinski definition) is 6. The maximum Gasteiger partial charge on any atom is 0.128 e. The highest BCUT2D eigenvalue weighted by atomic mass is 16.3. The van der Waals surface area contributed by atoms with Gasteiger partial charge in [-0.05, 0) is 103 Å². The van der Waals surface area contributed by atoms with Gasteiger partial charge in [0.05, 0.1) is 22.8 Å². The van der Waals surface area contributed by atoms with Crippen LogP contribution in [0.25, 0.3) is 56.5 Å². The number of aromatic nitrogens is 4. The quantitative estimate of drug-likeness (QED) is 0.0300. The minimum absolute atomic E-state index is 0.107. The lowest BCUT2D eigenvalue weighted by molar-refractivity contribution is 0.0252. The summed E-state index contributed by atoms with van der Waals surface area (Å²) in [5.74, 6) is 0.284. The number of unbranched alkanes of at least 4 members (excludes halogenated alkanes) is 20. The van der Waals surface area contributed by atoms with Gasteiger partial charge in [-0.15, -0.1) is 0 Å². The van der Waals surface area contributed by atoms with Crippen LogP contribution in [0.4, 0.5) is 0 Å². The van der Waals surface area contributed by atoms with Crippen LogP contribution in [0, 0.1) is 0 Å². The zero-order chi connectivity index (χ0) is 46.1. The predicted molar refractivity (Wildman–Crippen MR) is 274 cm³/mol. The Morgan fingerprint density at radius 1 is 0.424 bits per heavy atom. The summed E-state index contributed by atoms with van der Waals surface area (Å²) in [7, 11) is 0. The van der Waals surface area contributed by atoms with Crippen LogP contribution in [0.3, 0.4) is 0 Å². The van der Waals surface area contributed by atoms with Crippen LogP contribution >= 0.6 is 0 Å². The van der Waals surface area contributed by atoms with E-state index in [4.69, 9.17) is 9.97 Å². The number of phenols is 2. The third kappa shape index (κ3) is 12.8. The van der Waals surface area contributed by atoms with Gasteiger partial charge in [0.15, 0.2) is 0 Å². The van der Waals surface area contributed by atoms with Crippen LogP contribution in [0.15, 0.2) is 72.8 Å². The summed E-state index contributed by atoms with van der Waals surface area (Å²) in [6, 6.07) is 22.6. The average Bonchev–Trinajstić information content (AvgIpc) is 4.15. The van der Waals surface area contributed by atoms with Crippen molar-refractivity contribution in [3.05, 3.63) is 107 Å². The normalized spacial score (nSPS) is 14.7. The number of aromatic amines is 2. The topological polar surface area (TPSA) is 138 Å². The van der Waals surface area contributed by atoms with Gasteiger partial charge < -0.3 is 30.4 Å². The minimum Gasteiger partial charge on any atom is -0.508 e. The Kier molecular flexibility index (Phi) is 18.5. The van der Waals surface area contributed by atoms with Crippen molar-refractivity contribution in [2.75, 3.05) is 0 Å². The number of benzene rings is 2. The number of aryl methyl sites for hydroxylation is 2. The van der Waals surface area contributed by atoms with Crippen molar-refractivity contribution in [2.45, 2.75) is 180 Å². The summed E-state index contributed by atoms with van der Waals surface area (Å²) >= 11 is 0. The number of fused-ring (bicyclic) bond motifs is 8. The molecule has 2 aromatic carbocycles. The molecule has 7 rings (SSSR count). The molecule has 8 nitrogen and oxygen atoms in total. The fourth-order valence-corrected chi connectivity index (χ4v) is 10.1. The molecular formula is C58H76N4O4. The summed E-state index contributed by atoms with van der Waals surface area (Å²) < 4.78 is 0. The molecule has 2 unspecified atom stereocenters. The molecule has 5 aromatic rings. The number of aliphatic hydroxyl groups excluding tert-OH is 2. The smallest absolute Gasteiger partial charge is 0.128 e. The van der Waals surface area contributed by atoms with Crippen molar-refractivity contribution < 1.29 is 20.4 Å². The highest BCUT2D eigenvalue weighted by Gasteiger charge is 2.34. The monoisotopic (exact) mass is 893 g/mol. The van der Waals surface area contributed by atoms with E-state index in [0.717, 1.165) is 94.2 Å². The Morgan fingerprint density at radius 3 is 1.35 bits per heavy atom. The highest BCUT2D eigenvalue weighted by molar-refractivity contribution is 5.92. The van der Waals surface area contributed by atoms with Crippen LogP contribution in [-0.4, -0.2) is 40.4 Å². The lowest BCUT2D eigenvalue weighted by Crippen LogP contribution is -2.06. The summed E-state index contributed by atoms with van der Waals surface area (Å²) in [5.41, 5.74) is 10.8. The second-order valence-corrected chi connectivity index (χ2v) is 18.9. The van der Waals surface area contributed by atoms with Crippen molar-refractivity contribution in [1.29, 1.82) is 0 Å². The molecule has 8 heteroatoms. The first-order chi connectivity index (χ1) is 32.4. The molecule has 0 fully saturated rings. The minimum atomic E-state index is -1.30. The van der Waals surface area contributed by atoms with Gasteiger partial charge in [0.2, 0.25) is 0 Å². The Bertz CT molecular complexity index is 2520. The molecule has 8 bridgehead atoms. The van der Waals surface area contributed by atoms with E-state index in [1.807, 2.05) is 30.3 Å². The molecule has 3 aromatic heterocycles. The number of phenolic OH excluding ortho intramolecular Hbond substituents is 2. The third-order valence-corrected chi connectivity index (χ3v) is 13.8. The lowest BCUT2D eigenvalue weighted by Gasteiger charge is -2.13. The summed E-state index contributed by atoms with van der Waals surface area (Å²) in [6.07, 6.45) is 30.5. The van der Waals surface area contributed by atoms with Crippen molar-refractivity contribution in [2.24, 2.45) is 0 Å². The second-order valence-electron chi connectivity index (χ2n) is 18.9. The molecule has 2 aliphatic heterocycles. The van der Waals surface area contributed by atoms with Gasteiger partial charge >= 0.3 is 0 Å². The molecule has 352 valence electrons.